The first-order valence-corrected chi connectivity index (χ1v) is 7.27. The van der Waals surface area contributed by atoms with Gasteiger partial charge in [0.1, 0.15) is 0 Å². The molecular weight excluding hydrogens is 262 g/mol. The molecule has 1 aliphatic heterocycles. The van der Waals surface area contributed by atoms with Crippen molar-refractivity contribution in [2.24, 2.45) is 0 Å². The minimum absolute atomic E-state index is 0.216. The van der Waals surface area contributed by atoms with Gasteiger partial charge in [0.2, 0.25) is 0 Å². The number of fused-ring (bicyclic) bond motifs is 1. The third-order valence-electron chi connectivity index (χ3n) is 4.10. The van der Waals surface area contributed by atoms with Gasteiger partial charge in [-0.3, -0.25) is 0 Å². The first-order chi connectivity index (χ1) is 10.2. The Morgan fingerprint density at radius 2 is 1.81 bits per heavy atom. The summed E-state index contributed by atoms with van der Waals surface area (Å²) in [7, 11) is 3.34. The van der Waals surface area contributed by atoms with Gasteiger partial charge in [-0.1, -0.05) is 29.8 Å². The highest BCUT2D eigenvalue weighted by molar-refractivity contribution is 5.48. The van der Waals surface area contributed by atoms with Gasteiger partial charge in [0.05, 0.1) is 20.3 Å². The van der Waals surface area contributed by atoms with E-state index in [0.717, 1.165) is 24.5 Å². The molecule has 1 N–H and O–H groups in total. The maximum atomic E-state index is 5.43. The Morgan fingerprint density at radius 1 is 1.00 bits per heavy atom. The Morgan fingerprint density at radius 3 is 2.57 bits per heavy atom. The monoisotopic (exact) mass is 283 g/mol. The number of hydrogen-bond donors (Lipinski definition) is 1. The third kappa shape index (κ3) is 2.61. The van der Waals surface area contributed by atoms with E-state index in [2.05, 4.69) is 42.6 Å². The van der Waals surface area contributed by atoms with Gasteiger partial charge in [0.15, 0.2) is 11.5 Å². The molecule has 2 aromatic carbocycles. The number of methoxy groups -OCH3 is 2. The van der Waals surface area contributed by atoms with Crippen LogP contribution in [0.3, 0.4) is 0 Å². The maximum Gasteiger partial charge on any atom is 0.161 e. The van der Waals surface area contributed by atoms with Crippen LogP contribution in [0.4, 0.5) is 0 Å². The van der Waals surface area contributed by atoms with Crippen LogP contribution in [-0.2, 0) is 6.42 Å². The molecule has 0 saturated heterocycles. The summed E-state index contributed by atoms with van der Waals surface area (Å²) < 4.78 is 10.7. The van der Waals surface area contributed by atoms with Crippen LogP contribution < -0.4 is 14.8 Å². The fraction of sp³-hybridized carbons (Fsp3) is 0.333. The molecule has 1 heterocycles. The van der Waals surface area contributed by atoms with Crippen LogP contribution in [0.15, 0.2) is 36.4 Å². The zero-order valence-corrected chi connectivity index (χ0v) is 12.8. The molecule has 1 aliphatic rings. The predicted molar refractivity (Wildman–Crippen MR) is 84.3 cm³/mol. The topological polar surface area (TPSA) is 30.5 Å². The highest BCUT2D eigenvalue weighted by Gasteiger charge is 2.22. The summed E-state index contributed by atoms with van der Waals surface area (Å²) in [5, 5.41) is 3.61. The first kappa shape index (κ1) is 14.0. The van der Waals surface area contributed by atoms with E-state index in [-0.39, 0.29) is 6.04 Å². The van der Waals surface area contributed by atoms with Crippen molar-refractivity contribution in [3.05, 3.63) is 58.7 Å². The molecule has 0 radical (unpaired) electrons. The van der Waals surface area contributed by atoms with Crippen LogP contribution in [0.5, 0.6) is 11.5 Å². The van der Waals surface area contributed by atoms with E-state index < -0.39 is 0 Å². The molecule has 0 aromatic heterocycles. The van der Waals surface area contributed by atoms with Crippen molar-refractivity contribution >= 4 is 0 Å². The van der Waals surface area contributed by atoms with Crippen LogP contribution in [0.2, 0.25) is 0 Å². The molecule has 110 valence electrons. The van der Waals surface area contributed by atoms with Crippen LogP contribution in [0.25, 0.3) is 0 Å². The largest absolute Gasteiger partial charge is 0.493 e. The summed E-state index contributed by atoms with van der Waals surface area (Å²) in [4.78, 5) is 0. The van der Waals surface area contributed by atoms with Gasteiger partial charge in [-0.15, -0.1) is 0 Å². The minimum atomic E-state index is 0.216. The smallest absolute Gasteiger partial charge is 0.161 e. The molecule has 3 heteroatoms. The van der Waals surface area contributed by atoms with Gasteiger partial charge in [-0.05, 0) is 42.2 Å². The van der Waals surface area contributed by atoms with E-state index in [0.29, 0.717) is 0 Å². The lowest BCUT2D eigenvalue weighted by Crippen LogP contribution is -2.30. The van der Waals surface area contributed by atoms with E-state index in [1.54, 1.807) is 14.2 Å². The molecule has 0 amide bonds. The van der Waals surface area contributed by atoms with E-state index in [1.807, 2.05) is 6.07 Å². The molecule has 0 spiro atoms. The van der Waals surface area contributed by atoms with Crippen molar-refractivity contribution in [1.82, 2.24) is 5.32 Å². The van der Waals surface area contributed by atoms with E-state index in [4.69, 9.17) is 9.47 Å². The SMILES string of the molecule is COc1ccc(C2NCCc3ccc(C)cc32)cc1OC. The predicted octanol–water partition coefficient (Wildman–Crippen LogP) is 3.25. The molecule has 2 aromatic rings. The van der Waals surface area contributed by atoms with Crippen LogP contribution in [0, 0.1) is 6.92 Å². The highest BCUT2D eigenvalue weighted by Crippen LogP contribution is 2.34. The van der Waals surface area contributed by atoms with Crippen LogP contribution in [-0.4, -0.2) is 20.8 Å². The number of hydrogen-bond acceptors (Lipinski definition) is 3. The summed E-state index contributed by atoms with van der Waals surface area (Å²) in [6.07, 6.45) is 1.08. The Balaban J connectivity index is 2.04. The summed E-state index contributed by atoms with van der Waals surface area (Å²) in [6.45, 7) is 3.13. The molecule has 1 atom stereocenters. The average molecular weight is 283 g/mol. The van der Waals surface area contributed by atoms with E-state index in [9.17, 15) is 0 Å². The van der Waals surface area contributed by atoms with Crippen molar-refractivity contribution in [3.63, 3.8) is 0 Å². The first-order valence-electron chi connectivity index (χ1n) is 7.27. The normalized spacial score (nSPS) is 17.2. The van der Waals surface area contributed by atoms with Gasteiger partial charge in [0, 0.05) is 6.54 Å². The molecule has 3 rings (SSSR count). The van der Waals surface area contributed by atoms with Gasteiger partial charge >= 0.3 is 0 Å². The van der Waals surface area contributed by atoms with Gasteiger partial charge in [-0.25, -0.2) is 0 Å². The van der Waals surface area contributed by atoms with Gasteiger partial charge < -0.3 is 14.8 Å². The molecular formula is C18H21NO2. The van der Waals surface area contributed by atoms with Gasteiger partial charge in [-0.2, -0.15) is 0 Å². The fourth-order valence-corrected chi connectivity index (χ4v) is 3.00. The summed E-state index contributed by atoms with van der Waals surface area (Å²) >= 11 is 0. The molecule has 0 fully saturated rings. The molecule has 0 bridgehead atoms. The zero-order chi connectivity index (χ0) is 14.8. The number of nitrogens with one attached hydrogen (secondary N) is 1. The second-order valence-corrected chi connectivity index (χ2v) is 5.45. The quantitative estimate of drug-likeness (QED) is 0.938. The second-order valence-electron chi connectivity index (χ2n) is 5.45. The summed E-state index contributed by atoms with van der Waals surface area (Å²) in [5.41, 5.74) is 5.30. The molecule has 21 heavy (non-hydrogen) atoms. The Bertz CT molecular complexity index is 652. The lowest BCUT2D eigenvalue weighted by Gasteiger charge is -2.28. The highest BCUT2D eigenvalue weighted by atomic mass is 16.5. The Labute approximate surface area is 125 Å². The number of aryl methyl sites for hydroxylation is 1. The van der Waals surface area contributed by atoms with Crippen molar-refractivity contribution in [2.45, 2.75) is 19.4 Å². The van der Waals surface area contributed by atoms with Crippen molar-refractivity contribution in [3.8, 4) is 11.5 Å². The van der Waals surface area contributed by atoms with Crippen LogP contribution in [0.1, 0.15) is 28.3 Å². The zero-order valence-electron chi connectivity index (χ0n) is 12.8. The number of rotatable bonds is 3. The lowest BCUT2D eigenvalue weighted by atomic mass is 9.88. The number of ether oxygens (including phenoxy) is 2. The number of benzene rings is 2. The second kappa shape index (κ2) is 5.78. The van der Waals surface area contributed by atoms with Crippen molar-refractivity contribution in [1.29, 1.82) is 0 Å². The molecule has 3 nitrogen and oxygen atoms in total. The molecule has 1 unspecified atom stereocenters. The molecule has 0 aliphatic carbocycles. The van der Waals surface area contributed by atoms with Crippen molar-refractivity contribution < 1.29 is 9.47 Å². The Hall–Kier alpha value is -2.00. The lowest BCUT2D eigenvalue weighted by molar-refractivity contribution is 0.354. The van der Waals surface area contributed by atoms with Gasteiger partial charge in [0.25, 0.3) is 0 Å². The van der Waals surface area contributed by atoms with Crippen molar-refractivity contribution in [2.75, 3.05) is 20.8 Å². The summed E-state index contributed by atoms with van der Waals surface area (Å²) in [5.74, 6) is 1.54. The molecule has 0 saturated carbocycles. The minimum Gasteiger partial charge on any atom is -0.493 e. The van der Waals surface area contributed by atoms with E-state index >= 15 is 0 Å². The maximum absolute atomic E-state index is 5.43. The van der Waals surface area contributed by atoms with Crippen LogP contribution >= 0.6 is 0 Å². The standard InChI is InChI=1S/C18H21NO2/c1-12-4-5-13-8-9-19-18(15(13)10-12)14-6-7-16(20-2)17(11-14)21-3/h4-7,10-11,18-19H,8-9H2,1-3H3. The summed E-state index contributed by atoms with van der Waals surface area (Å²) in [6, 6.07) is 13.1. The van der Waals surface area contributed by atoms with E-state index in [1.165, 1.54) is 22.3 Å². The fourth-order valence-electron chi connectivity index (χ4n) is 3.00. The third-order valence-corrected chi connectivity index (χ3v) is 4.10. The Kier molecular flexibility index (Phi) is 3.84. The average Bonchev–Trinajstić information content (AvgIpc) is 2.53.